The SMILES string of the molecule is CC(C)(C)N1CCC2=CCN=C2CC1. The van der Waals surface area contributed by atoms with Crippen LogP contribution in [0.5, 0.6) is 0 Å². The number of nitrogens with zero attached hydrogens (tertiary/aromatic N) is 2. The molecule has 0 bridgehead atoms. The lowest BCUT2D eigenvalue weighted by atomic mass is 10.1. The molecule has 0 aromatic carbocycles. The molecule has 1 fully saturated rings. The van der Waals surface area contributed by atoms with Crippen molar-refractivity contribution in [3.8, 4) is 0 Å². The summed E-state index contributed by atoms with van der Waals surface area (Å²) < 4.78 is 0. The lowest BCUT2D eigenvalue weighted by molar-refractivity contribution is 0.146. The molecule has 0 radical (unpaired) electrons. The van der Waals surface area contributed by atoms with E-state index < -0.39 is 0 Å². The van der Waals surface area contributed by atoms with Crippen molar-refractivity contribution in [2.75, 3.05) is 19.6 Å². The normalized spacial score (nSPS) is 23.9. The van der Waals surface area contributed by atoms with Crippen LogP contribution in [-0.2, 0) is 0 Å². The molecule has 2 heteroatoms. The molecule has 0 spiro atoms. The molecule has 0 aliphatic carbocycles. The molecule has 0 aromatic rings. The molecule has 2 aliphatic rings. The molecular formula is C12H20N2. The van der Waals surface area contributed by atoms with Gasteiger partial charge in [-0.1, -0.05) is 6.08 Å². The highest BCUT2D eigenvalue weighted by Crippen LogP contribution is 2.23. The van der Waals surface area contributed by atoms with Crippen molar-refractivity contribution in [1.82, 2.24) is 4.90 Å². The van der Waals surface area contributed by atoms with E-state index in [1.807, 2.05) is 0 Å². The second-order valence-corrected chi connectivity index (χ2v) is 5.17. The first-order valence-corrected chi connectivity index (χ1v) is 5.55. The fraction of sp³-hybridized carbons (Fsp3) is 0.750. The molecule has 2 rings (SSSR count). The second kappa shape index (κ2) is 3.50. The molecule has 0 aromatic heterocycles. The van der Waals surface area contributed by atoms with Gasteiger partial charge in [-0.2, -0.15) is 0 Å². The number of fused-ring (bicyclic) bond motifs is 1. The van der Waals surface area contributed by atoms with Crippen LogP contribution < -0.4 is 0 Å². The average molecular weight is 192 g/mol. The van der Waals surface area contributed by atoms with Crippen molar-refractivity contribution < 1.29 is 0 Å². The van der Waals surface area contributed by atoms with Crippen LogP contribution in [0.3, 0.4) is 0 Å². The van der Waals surface area contributed by atoms with E-state index in [1.165, 1.54) is 30.8 Å². The van der Waals surface area contributed by atoms with Crippen LogP contribution >= 0.6 is 0 Å². The maximum atomic E-state index is 4.53. The fourth-order valence-corrected chi connectivity index (χ4v) is 2.25. The monoisotopic (exact) mass is 192 g/mol. The van der Waals surface area contributed by atoms with Gasteiger partial charge in [-0.05, 0) is 32.8 Å². The van der Waals surface area contributed by atoms with Gasteiger partial charge in [0, 0.05) is 30.8 Å². The lowest BCUT2D eigenvalue weighted by Gasteiger charge is -2.34. The van der Waals surface area contributed by atoms with Gasteiger partial charge >= 0.3 is 0 Å². The molecule has 0 saturated carbocycles. The molecule has 78 valence electrons. The lowest BCUT2D eigenvalue weighted by Crippen LogP contribution is -2.41. The van der Waals surface area contributed by atoms with Crippen LogP contribution in [0, 0.1) is 0 Å². The van der Waals surface area contributed by atoms with Crippen molar-refractivity contribution in [2.24, 2.45) is 4.99 Å². The number of hydrogen-bond acceptors (Lipinski definition) is 2. The first-order chi connectivity index (χ1) is 6.57. The van der Waals surface area contributed by atoms with Crippen molar-refractivity contribution >= 4 is 5.71 Å². The van der Waals surface area contributed by atoms with Gasteiger partial charge in [-0.3, -0.25) is 9.89 Å². The van der Waals surface area contributed by atoms with Crippen LogP contribution in [0.1, 0.15) is 33.6 Å². The van der Waals surface area contributed by atoms with E-state index in [-0.39, 0.29) is 0 Å². The summed E-state index contributed by atoms with van der Waals surface area (Å²) in [6.45, 7) is 10.2. The highest BCUT2D eigenvalue weighted by atomic mass is 15.2. The molecule has 14 heavy (non-hydrogen) atoms. The minimum Gasteiger partial charge on any atom is -0.298 e. The summed E-state index contributed by atoms with van der Waals surface area (Å²) in [4.78, 5) is 7.10. The molecule has 0 atom stereocenters. The zero-order valence-corrected chi connectivity index (χ0v) is 9.51. The Morgan fingerprint density at radius 3 is 2.64 bits per heavy atom. The summed E-state index contributed by atoms with van der Waals surface area (Å²) in [7, 11) is 0. The summed E-state index contributed by atoms with van der Waals surface area (Å²) in [5.74, 6) is 0. The van der Waals surface area contributed by atoms with Gasteiger partial charge in [0.05, 0.1) is 6.54 Å². The fourth-order valence-electron chi connectivity index (χ4n) is 2.25. The quantitative estimate of drug-likeness (QED) is 0.575. The second-order valence-electron chi connectivity index (χ2n) is 5.17. The van der Waals surface area contributed by atoms with Crippen LogP contribution in [0.4, 0.5) is 0 Å². The average Bonchev–Trinajstić information content (AvgIpc) is 2.42. The first kappa shape index (κ1) is 9.91. The smallest absolute Gasteiger partial charge is 0.0580 e. The van der Waals surface area contributed by atoms with Gasteiger partial charge in [0.2, 0.25) is 0 Å². The zero-order chi connectivity index (χ0) is 10.2. The Morgan fingerprint density at radius 1 is 1.21 bits per heavy atom. The topological polar surface area (TPSA) is 15.6 Å². The first-order valence-electron chi connectivity index (χ1n) is 5.55. The zero-order valence-electron chi connectivity index (χ0n) is 9.51. The van der Waals surface area contributed by atoms with E-state index in [1.54, 1.807) is 0 Å². The predicted octanol–water partition coefficient (Wildman–Crippen LogP) is 2.26. The molecule has 0 N–H and O–H groups in total. The van der Waals surface area contributed by atoms with Gasteiger partial charge < -0.3 is 0 Å². The summed E-state index contributed by atoms with van der Waals surface area (Å²) in [6, 6.07) is 0. The largest absolute Gasteiger partial charge is 0.298 e. The minimum absolute atomic E-state index is 0.305. The number of aliphatic imine (C=N–C) groups is 1. The van der Waals surface area contributed by atoms with Gasteiger partial charge in [0.25, 0.3) is 0 Å². The van der Waals surface area contributed by atoms with E-state index in [2.05, 4.69) is 36.7 Å². The third kappa shape index (κ3) is 1.90. The summed E-state index contributed by atoms with van der Waals surface area (Å²) in [5.41, 5.74) is 3.19. The maximum absolute atomic E-state index is 4.53. The van der Waals surface area contributed by atoms with E-state index in [0.29, 0.717) is 5.54 Å². The third-order valence-electron chi connectivity index (χ3n) is 3.21. The number of rotatable bonds is 0. The standard InChI is InChI=1S/C12H20N2/c1-12(2,3)14-8-5-10-4-7-13-11(10)6-9-14/h4H,5-9H2,1-3H3. The summed E-state index contributed by atoms with van der Waals surface area (Å²) in [6.07, 6.45) is 4.63. The molecule has 0 amide bonds. The van der Waals surface area contributed by atoms with Crippen LogP contribution in [0.2, 0.25) is 0 Å². The number of likely N-dealkylation sites (tertiary alicyclic amines) is 1. The molecule has 2 nitrogen and oxygen atoms in total. The van der Waals surface area contributed by atoms with Crippen molar-refractivity contribution in [3.63, 3.8) is 0 Å². The van der Waals surface area contributed by atoms with Crippen LogP contribution in [0.15, 0.2) is 16.6 Å². The maximum Gasteiger partial charge on any atom is 0.0580 e. The van der Waals surface area contributed by atoms with Gasteiger partial charge in [-0.15, -0.1) is 0 Å². The van der Waals surface area contributed by atoms with Gasteiger partial charge in [-0.25, -0.2) is 0 Å². The summed E-state index contributed by atoms with van der Waals surface area (Å²) >= 11 is 0. The van der Waals surface area contributed by atoms with E-state index in [9.17, 15) is 0 Å². The van der Waals surface area contributed by atoms with E-state index >= 15 is 0 Å². The molecule has 2 aliphatic heterocycles. The Kier molecular flexibility index (Phi) is 2.48. The Balaban J connectivity index is 2.07. The highest BCUT2D eigenvalue weighted by Gasteiger charge is 2.25. The Labute approximate surface area is 86.7 Å². The van der Waals surface area contributed by atoms with Gasteiger partial charge in [0.1, 0.15) is 0 Å². The van der Waals surface area contributed by atoms with Gasteiger partial charge in [0.15, 0.2) is 0 Å². The van der Waals surface area contributed by atoms with Crippen LogP contribution in [0.25, 0.3) is 0 Å². The molecule has 1 saturated heterocycles. The predicted molar refractivity (Wildman–Crippen MR) is 60.9 cm³/mol. The van der Waals surface area contributed by atoms with Crippen molar-refractivity contribution in [1.29, 1.82) is 0 Å². The van der Waals surface area contributed by atoms with Crippen molar-refractivity contribution in [3.05, 3.63) is 11.6 Å². The minimum atomic E-state index is 0.305. The van der Waals surface area contributed by atoms with Crippen LogP contribution in [-0.4, -0.2) is 35.8 Å². The number of hydrogen-bond donors (Lipinski definition) is 0. The Bertz CT molecular complexity index is 259. The molecule has 0 unspecified atom stereocenters. The van der Waals surface area contributed by atoms with E-state index in [4.69, 9.17) is 0 Å². The highest BCUT2D eigenvalue weighted by molar-refractivity contribution is 6.02. The van der Waals surface area contributed by atoms with E-state index in [0.717, 1.165) is 13.0 Å². The molecular weight excluding hydrogens is 172 g/mol. The summed E-state index contributed by atoms with van der Waals surface area (Å²) in [5, 5.41) is 0. The Morgan fingerprint density at radius 2 is 1.93 bits per heavy atom. The van der Waals surface area contributed by atoms with Crippen molar-refractivity contribution in [2.45, 2.75) is 39.2 Å². The Hall–Kier alpha value is -0.630. The third-order valence-corrected chi connectivity index (χ3v) is 3.21. The molecule has 2 heterocycles.